The predicted molar refractivity (Wildman–Crippen MR) is 78.9 cm³/mol. The molecule has 1 atom stereocenters. The number of hydrogen-bond acceptors (Lipinski definition) is 2. The largest absolute Gasteiger partial charge is 0.460 e. The molecule has 1 aromatic carbocycles. The van der Waals surface area contributed by atoms with Gasteiger partial charge in [-0.3, -0.25) is 4.79 Å². The molecule has 2 N–H and O–H groups in total. The molecule has 0 spiro atoms. The van der Waals surface area contributed by atoms with Gasteiger partial charge in [0, 0.05) is 5.69 Å². The molecular weight excluding hydrogens is 295 g/mol. The molecule has 0 saturated carbocycles. The third-order valence-corrected chi connectivity index (χ3v) is 3.23. The van der Waals surface area contributed by atoms with Crippen molar-refractivity contribution in [1.82, 2.24) is 0 Å². The number of furan rings is 1. The van der Waals surface area contributed by atoms with E-state index in [1.807, 2.05) is 26.1 Å². The minimum Gasteiger partial charge on any atom is -0.460 e. The van der Waals surface area contributed by atoms with E-state index >= 15 is 0 Å². The lowest BCUT2D eigenvalue weighted by Gasteiger charge is -2.12. The highest BCUT2D eigenvalue weighted by atomic mass is 35.5. The highest BCUT2D eigenvalue weighted by molar-refractivity contribution is 6.31. The second-order valence-electron chi connectivity index (χ2n) is 5.00. The van der Waals surface area contributed by atoms with Crippen molar-refractivity contribution in [1.29, 1.82) is 0 Å². The Morgan fingerprint density at radius 2 is 2.14 bits per heavy atom. The lowest BCUT2D eigenvalue weighted by molar-refractivity contribution is -0.886. The highest BCUT2D eigenvalue weighted by Gasteiger charge is 2.13. The lowest BCUT2D eigenvalue weighted by atomic mass is 10.3. The van der Waals surface area contributed by atoms with Gasteiger partial charge >= 0.3 is 0 Å². The van der Waals surface area contributed by atoms with E-state index in [0.717, 1.165) is 16.4 Å². The number of nitrogens with one attached hydrogen (secondary N) is 2. The van der Waals surface area contributed by atoms with E-state index in [1.165, 1.54) is 18.2 Å². The zero-order chi connectivity index (χ0) is 15.4. The second-order valence-corrected chi connectivity index (χ2v) is 5.41. The molecule has 0 saturated heterocycles. The van der Waals surface area contributed by atoms with Crippen LogP contribution in [0.15, 0.2) is 34.7 Å². The van der Waals surface area contributed by atoms with Gasteiger partial charge < -0.3 is 14.6 Å². The number of aryl methyl sites for hydroxylation is 1. The summed E-state index contributed by atoms with van der Waals surface area (Å²) in [5.41, 5.74) is 0.480. The van der Waals surface area contributed by atoms with Crippen molar-refractivity contribution < 1.29 is 18.5 Å². The number of rotatable bonds is 5. The van der Waals surface area contributed by atoms with Crippen LogP contribution in [0.2, 0.25) is 5.02 Å². The molecule has 1 heterocycles. The van der Waals surface area contributed by atoms with E-state index in [9.17, 15) is 9.18 Å². The van der Waals surface area contributed by atoms with E-state index in [2.05, 4.69) is 5.32 Å². The normalized spacial score (nSPS) is 12.2. The number of benzene rings is 1. The van der Waals surface area contributed by atoms with Crippen molar-refractivity contribution in [2.75, 3.05) is 18.9 Å². The van der Waals surface area contributed by atoms with Gasteiger partial charge in [-0.05, 0) is 37.3 Å². The smallest absolute Gasteiger partial charge is 0.279 e. The monoisotopic (exact) mass is 311 g/mol. The van der Waals surface area contributed by atoms with Gasteiger partial charge in [0.05, 0.1) is 12.1 Å². The van der Waals surface area contributed by atoms with Crippen LogP contribution < -0.4 is 10.2 Å². The van der Waals surface area contributed by atoms with Crippen LogP contribution in [0.5, 0.6) is 0 Å². The summed E-state index contributed by atoms with van der Waals surface area (Å²) >= 11 is 5.67. The lowest BCUT2D eigenvalue weighted by Crippen LogP contribution is -3.08. The Balaban J connectivity index is 1.87. The quantitative estimate of drug-likeness (QED) is 0.887. The summed E-state index contributed by atoms with van der Waals surface area (Å²) in [6, 6.07) is 7.88. The van der Waals surface area contributed by atoms with Crippen LogP contribution in [0.4, 0.5) is 10.1 Å². The molecule has 0 bridgehead atoms. The van der Waals surface area contributed by atoms with Crippen molar-refractivity contribution >= 4 is 23.2 Å². The standard InChI is InChI=1S/C15H16ClFN2O2/c1-10-3-5-12(21-10)8-19(2)9-15(20)18-11-4-6-14(17)13(16)7-11/h3-7H,8-9H2,1-2H3,(H,18,20)/p+1. The first-order valence-corrected chi connectivity index (χ1v) is 6.93. The van der Waals surface area contributed by atoms with Crippen LogP contribution in [0.1, 0.15) is 11.5 Å². The van der Waals surface area contributed by atoms with Gasteiger partial charge in [0.15, 0.2) is 12.3 Å². The first kappa shape index (κ1) is 15.5. The van der Waals surface area contributed by atoms with E-state index in [-0.39, 0.29) is 17.5 Å². The predicted octanol–water partition coefficient (Wildman–Crippen LogP) is 2.03. The average Bonchev–Trinajstić information content (AvgIpc) is 2.79. The molecule has 21 heavy (non-hydrogen) atoms. The maximum Gasteiger partial charge on any atom is 0.279 e. The van der Waals surface area contributed by atoms with E-state index in [1.54, 1.807) is 0 Å². The first-order valence-electron chi connectivity index (χ1n) is 6.55. The van der Waals surface area contributed by atoms with Gasteiger partial charge in [0.25, 0.3) is 5.91 Å². The number of likely N-dealkylation sites (N-methyl/N-ethyl adjacent to an activating group) is 1. The van der Waals surface area contributed by atoms with E-state index in [4.69, 9.17) is 16.0 Å². The van der Waals surface area contributed by atoms with Crippen LogP contribution >= 0.6 is 11.6 Å². The minimum atomic E-state index is -0.509. The molecule has 0 aliphatic rings. The topological polar surface area (TPSA) is 46.7 Å². The first-order chi connectivity index (χ1) is 9.94. The van der Waals surface area contributed by atoms with Gasteiger partial charge in [-0.2, -0.15) is 0 Å². The Morgan fingerprint density at radius 1 is 1.38 bits per heavy atom. The Labute approximate surface area is 127 Å². The van der Waals surface area contributed by atoms with Crippen molar-refractivity contribution in [2.45, 2.75) is 13.5 Å². The molecule has 1 amide bonds. The van der Waals surface area contributed by atoms with Crippen molar-refractivity contribution in [3.63, 3.8) is 0 Å². The number of carbonyl (C=O) groups excluding carboxylic acids is 1. The molecule has 112 valence electrons. The summed E-state index contributed by atoms with van der Waals surface area (Å²) < 4.78 is 18.5. The Bertz CT molecular complexity index is 642. The molecule has 0 aliphatic heterocycles. The maximum atomic E-state index is 13.0. The zero-order valence-corrected chi connectivity index (χ0v) is 12.6. The van der Waals surface area contributed by atoms with Crippen LogP contribution in [0.3, 0.4) is 0 Å². The fourth-order valence-corrected chi connectivity index (χ4v) is 2.17. The third-order valence-electron chi connectivity index (χ3n) is 2.94. The number of hydrogen-bond donors (Lipinski definition) is 2. The maximum absolute atomic E-state index is 13.0. The number of anilines is 1. The highest BCUT2D eigenvalue weighted by Crippen LogP contribution is 2.19. The third kappa shape index (κ3) is 4.58. The van der Waals surface area contributed by atoms with Crippen molar-refractivity contribution in [3.8, 4) is 0 Å². The van der Waals surface area contributed by atoms with Crippen molar-refractivity contribution in [3.05, 3.63) is 52.7 Å². The summed E-state index contributed by atoms with van der Waals surface area (Å²) in [6.07, 6.45) is 0. The SMILES string of the molecule is Cc1ccc(C[NH+](C)CC(=O)Nc2ccc(F)c(Cl)c2)o1. The molecule has 1 aromatic heterocycles. The number of halogens is 2. The molecule has 0 radical (unpaired) electrons. The molecule has 0 fully saturated rings. The molecule has 2 aromatic rings. The Hall–Kier alpha value is -1.85. The molecule has 2 rings (SSSR count). The molecule has 0 aliphatic carbocycles. The van der Waals surface area contributed by atoms with Crippen molar-refractivity contribution in [2.24, 2.45) is 0 Å². The number of quaternary nitrogens is 1. The summed E-state index contributed by atoms with van der Waals surface area (Å²) in [5.74, 6) is 1.01. The van der Waals surface area contributed by atoms with Gasteiger partial charge in [-0.25, -0.2) is 4.39 Å². The molecule has 4 nitrogen and oxygen atoms in total. The van der Waals surface area contributed by atoms with E-state index in [0.29, 0.717) is 12.2 Å². The van der Waals surface area contributed by atoms with E-state index < -0.39 is 5.82 Å². The van der Waals surface area contributed by atoms with Gasteiger partial charge in [0.1, 0.15) is 18.1 Å². The summed E-state index contributed by atoms with van der Waals surface area (Å²) in [5, 5.41) is 2.68. The van der Waals surface area contributed by atoms with Crippen LogP contribution in [0.25, 0.3) is 0 Å². The molecule has 6 heteroatoms. The minimum absolute atomic E-state index is 0.0143. The summed E-state index contributed by atoms with van der Waals surface area (Å²) in [6.45, 7) is 2.77. The Kier molecular flexibility index (Phi) is 4.98. The van der Waals surface area contributed by atoms with Crippen LogP contribution in [0, 0.1) is 12.7 Å². The fourth-order valence-electron chi connectivity index (χ4n) is 1.99. The average molecular weight is 312 g/mol. The van der Waals surface area contributed by atoms with Crippen LogP contribution in [-0.4, -0.2) is 19.5 Å². The summed E-state index contributed by atoms with van der Waals surface area (Å²) in [7, 11) is 1.90. The van der Waals surface area contributed by atoms with Gasteiger partial charge in [-0.15, -0.1) is 0 Å². The number of carbonyl (C=O) groups is 1. The fraction of sp³-hybridized carbons (Fsp3) is 0.267. The van der Waals surface area contributed by atoms with Gasteiger partial charge in [-0.1, -0.05) is 11.6 Å². The summed E-state index contributed by atoms with van der Waals surface area (Å²) in [4.78, 5) is 12.9. The number of amides is 1. The molecule has 1 unspecified atom stereocenters. The van der Waals surface area contributed by atoms with Crippen LogP contribution in [-0.2, 0) is 11.3 Å². The van der Waals surface area contributed by atoms with Gasteiger partial charge in [0.2, 0.25) is 0 Å². The zero-order valence-electron chi connectivity index (χ0n) is 11.9. The Morgan fingerprint density at radius 3 is 2.76 bits per heavy atom. The molecular formula is C15H17ClFN2O2+. The second kappa shape index (κ2) is 6.74.